The van der Waals surface area contributed by atoms with Crippen molar-refractivity contribution in [3.63, 3.8) is 0 Å². The molecule has 102 heavy (non-hydrogen) atoms. The highest BCUT2D eigenvalue weighted by Crippen LogP contribution is 2.45. The summed E-state index contributed by atoms with van der Waals surface area (Å²) in [6, 6.07) is 0. The first kappa shape index (κ1) is 97.2. The van der Waals surface area contributed by atoms with E-state index in [0.717, 1.165) is 167 Å². The summed E-state index contributed by atoms with van der Waals surface area (Å²) in [5.74, 6) is -2.31. The Balaban J connectivity index is 5.44. The molecule has 0 aliphatic carbocycles. The minimum atomic E-state index is -5.00. The Morgan fingerprint density at radius 1 is 0.284 bits per heavy atom. The van der Waals surface area contributed by atoms with Gasteiger partial charge in [0.15, 0.2) is 12.2 Å². The van der Waals surface area contributed by atoms with Crippen molar-refractivity contribution in [2.75, 3.05) is 39.6 Å². The minimum absolute atomic E-state index is 0.0317. The molecule has 0 heterocycles. The van der Waals surface area contributed by atoms with E-state index in [1.165, 1.54) is 57.8 Å². The molecule has 584 valence electrons. The molecule has 0 fully saturated rings. The SMILES string of the molecule is CC/C=C\C/C=C\C/C=C\C/C=C\C/C=C\C/C=C\CCC(=O)OCC(COP(=O)(O)OCC(O)COP(=O)(O)OCC(COC(=O)CCCCCCC/C=C\C/C=C\CCCCC)OC(=O)CCCCCCC/C=C\C/C=C\CCC)OC(=O)CCCCCCC/C=C\CCCCCCCC. The van der Waals surface area contributed by atoms with Crippen molar-refractivity contribution in [2.45, 2.75) is 329 Å². The molecular weight excluding hydrogens is 1330 g/mol. The predicted molar refractivity (Wildman–Crippen MR) is 418 cm³/mol. The largest absolute Gasteiger partial charge is 0.472 e. The van der Waals surface area contributed by atoms with Crippen LogP contribution >= 0.6 is 15.6 Å². The van der Waals surface area contributed by atoms with Crippen molar-refractivity contribution in [2.24, 2.45) is 0 Å². The molecule has 0 aromatic rings. The number of unbranched alkanes of at least 4 members (excludes halogenated alkanes) is 25. The summed E-state index contributed by atoms with van der Waals surface area (Å²) >= 11 is 0. The average molecular weight is 1470 g/mol. The Bertz CT molecular complexity index is 2460. The van der Waals surface area contributed by atoms with Crippen LogP contribution in [0.2, 0.25) is 0 Å². The summed E-state index contributed by atoms with van der Waals surface area (Å²) in [5, 5.41) is 10.6. The first-order valence-corrected chi connectivity index (χ1v) is 42.4. The van der Waals surface area contributed by atoms with Crippen LogP contribution in [0.25, 0.3) is 0 Å². The number of ether oxygens (including phenoxy) is 4. The molecule has 0 rings (SSSR count). The molecule has 0 aliphatic heterocycles. The Labute approximate surface area is 618 Å². The van der Waals surface area contributed by atoms with Gasteiger partial charge in [-0.1, -0.05) is 271 Å². The molecule has 0 saturated heterocycles. The van der Waals surface area contributed by atoms with Crippen molar-refractivity contribution < 1.29 is 80.2 Å². The number of carbonyl (C=O) groups is 4. The van der Waals surface area contributed by atoms with E-state index in [1.54, 1.807) is 0 Å². The van der Waals surface area contributed by atoms with Gasteiger partial charge in [-0.05, 0) is 148 Å². The van der Waals surface area contributed by atoms with Crippen LogP contribution in [-0.2, 0) is 65.4 Å². The molecule has 19 heteroatoms. The maximum absolute atomic E-state index is 13.1. The molecule has 0 saturated carbocycles. The van der Waals surface area contributed by atoms with Gasteiger partial charge in [-0.15, -0.1) is 0 Å². The van der Waals surface area contributed by atoms with E-state index < -0.39 is 97.5 Å². The van der Waals surface area contributed by atoms with Gasteiger partial charge in [0, 0.05) is 25.7 Å². The van der Waals surface area contributed by atoms with Crippen LogP contribution in [0.15, 0.2) is 134 Å². The number of hydrogen-bond acceptors (Lipinski definition) is 15. The zero-order valence-electron chi connectivity index (χ0n) is 63.7. The third-order valence-corrected chi connectivity index (χ3v) is 18.0. The number of phosphoric acid groups is 2. The molecule has 5 atom stereocenters. The second kappa shape index (κ2) is 74.5. The molecule has 0 amide bonds. The van der Waals surface area contributed by atoms with Crippen LogP contribution in [0.4, 0.5) is 0 Å². The highest BCUT2D eigenvalue weighted by molar-refractivity contribution is 7.47. The third kappa shape index (κ3) is 73.5. The van der Waals surface area contributed by atoms with Crippen molar-refractivity contribution in [3.8, 4) is 0 Å². The summed E-state index contributed by atoms with van der Waals surface area (Å²) in [5.41, 5.74) is 0. The smallest absolute Gasteiger partial charge is 0.462 e. The Hall–Kier alpha value is -4.80. The lowest BCUT2D eigenvalue weighted by Crippen LogP contribution is -2.30. The van der Waals surface area contributed by atoms with Crippen LogP contribution in [-0.4, -0.2) is 96.7 Å². The topological polar surface area (TPSA) is 237 Å². The Kier molecular flexibility index (Phi) is 71.0. The van der Waals surface area contributed by atoms with Gasteiger partial charge in [-0.25, -0.2) is 9.13 Å². The fourth-order valence-corrected chi connectivity index (χ4v) is 11.7. The molecular formula is C83H140O17P2. The van der Waals surface area contributed by atoms with Gasteiger partial charge >= 0.3 is 39.5 Å². The van der Waals surface area contributed by atoms with Gasteiger partial charge in [-0.2, -0.15) is 0 Å². The van der Waals surface area contributed by atoms with E-state index in [4.69, 9.17) is 37.0 Å². The van der Waals surface area contributed by atoms with E-state index >= 15 is 0 Å². The van der Waals surface area contributed by atoms with Crippen LogP contribution in [0.3, 0.4) is 0 Å². The van der Waals surface area contributed by atoms with Crippen LogP contribution in [0.1, 0.15) is 310 Å². The zero-order valence-corrected chi connectivity index (χ0v) is 65.5. The van der Waals surface area contributed by atoms with Gasteiger partial charge in [0.25, 0.3) is 0 Å². The van der Waals surface area contributed by atoms with Crippen LogP contribution in [0.5, 0.6) is 0 Å². The van der Waals surface area contributed by atoms with Crippen LogP contribution in [0, 0.1) is 0 Å². The maximum atomic E-state index is 13.1. The molecule has 0 aromatic heterocycles. The zero-order chi connectivity index (χ0) is 74.6. The standard InChI is InChI=1S/C83H140O17P2/c1-5-9-13-17-21-25-29-33-36-37-38-39-42-45-48-52-56-60-64-68-81(86)94-74-79(100-83(88)70-66-62-58-54-50-46-41-35-31-27-23-19-15-11-7-3)76-98-102(91,92)96-72-77(84)71-95-101(89,90)97-75-78(99-82(87)69-65-61-57-53-49-43-32-28-24-20-16-12-8-4)73-93-80(85)67-63-59-55-51-47-44-40-34-30-26-22-18-14-10-6-2/h9,13,16,20-22,25-26,28,32-36,38-41,45,48,56,60,77-79,84H,5-8,10-12,14-15,17-19,23-24,27,29-31,37,42-44,46-47,49-55,57-59,61-76H2,1-4H3,(H,89,90)(H,91,92)/b13-9-,20-16-,25-21-,26-22-,32-28-,36-33-,39-38-,40-34-,41-35-,48-45-,60-56-. The number of hydrogen-bond donors (Lipinski definition) is 3. The number of aliphatic hydroxyl groups excluding tert-OH is 1. The van der Waals surface area contributed by atoms with Crippen molar-refractivity contribution in [3.05, 3.63) is 134 Å². The lowest BCUT2D eigenvalue weighted by molar-refractivity contribution is -0.161. The molecule has 0 aliphatic rings. The number of allylic oxidation sites excluding steroid dienone is 22. The van der Waals surface area contributed by atoms with Gasteiger partial charge in [0.1, 0.15) is 19.3 Å². The Morgan fingerprint density at radius 2 is 0.549 bits per heavy atom. The molecule has 0 aromatic carbocycles. The van der Waals surface area contributed by atoms with Crippen molar-refractivity contribution >= 4 is 39.5 Å². The number of aliphatic hydroxyl groups is 1. The summed E-state index contributed by atoms with van der Waals surface area (Å²) < 4.78 is 68.4. The second-order valence-electron chi connectivity index (χ2n) is 25.9. The van der Waals surface area contributed by atoms with E-state index in [-0.39, 0.29) is 25.7 Å². The van der Waals surface area contributed by atoms with E-state index in [0.29, 0.717) is 32.1 Å². The molecule has 0 bridgehead atoms. The lowest BCUT2D eigenvalue weighted by atomic mass is 10.1. The summed E-state index contributed by atoms with van der Waals surface area (Å²) in [7, 11) is -9.99. The maximum Gasteiger partial charge on any atom is 0.472 e. The summed E-state index contributed by atoms with van der Waals surface area (Å²) in [6.45, 7) is 4.54. The quantitative estimate of drug-likeness (QED) is 0.0169. The fourth-order valence-electron chi connectivity index (χ4n) is 10.1. The van der Waals surface area contributed by atoms with Gasteiger partial charge in [0.05, 0.1) is 26.4 Å². The van der Waals surface area contributed by atoms with E-state index in [1.807, 2.05) is 18.2 Å². The normalized spacial score (nSPS) is 14.6. The third-order valence-electron chi connectivity index (χ3n) is 16.1. The highest BCUT2D eigenvalue weighted by Gasteiger charge is 2.30. The second-order valence-corrected chi connectivity index (χ2v) is 28.8. The van der Waals surface area contributed by atoms with Gasteiger partial charge in [-0.3, -0.25) is 37.3 Å². The lowest BCUT2D eigenvalue weighted by Gasteiger charge is -2.21. The highest BCUT2D eigenvalue weighted by atomic mass is 31.2. The van der Waals surface area contributed by atoms with E-state index in [9.17, 15) is 43.2 Å². The number of phosphoric ester groups is 2. The number of esters is 4. The van der Waals surface area contributed by atoms with Crippen molar-refractivity contribution in [1.29, 1.82) is 0 Å². The van der Waals surface area contributed by atoms with Gasteiger partial charge < -0.3 is 33.8 Å². The molecule has 0 spiro atoms. The fraction of sp³-hybridized carbons (Fsp3) is 0.687. The van der Waals surface area contributed by atoms with Gasteiger partial charge in [0.2, 0.25) is 0 Å². The average Bonchev–Trinajstić information content (AvgIpc) is 0.924. The molecule has 0 radical (unpaired) electrons. The number of carbonyl (C=O) groups excluding carboxylic acids is 4. The molecule has 17 nitrogen and oxygen atoms in total. The minimum Gasteiger partial charge on any atom is -0.462 e. The first-order valence-electron chi connectivity index (χ1n) is 39.4. The monoisotopic (exact) mass is 1470 g/mol. The van der Waals surface area contributed by atoms with Crippen molar-refractivity contribution in [1.82, 2.24) is 0 Å². The Morgan fingerprint density at radius 3 is 0.912 bits per heavy atom. The number of rotatable bonds is 73. The summed E-state index contributed by atoms with van der Waals surface area (Å²) in [4.78, 5) is 72.9. The first-order chi connectivity index (χ1) is 49.7. The van der Waals surface area contributed by atoms with Crippen LogP contribution < -0.4 is 0 Å². The molecule has 5 unspecified atom stereocenters. The van der Waals surface area contributed by atoms with E-state index in [2.05, 4.69) is 143 Å². The molecule has 3 N–H and O–H groups in total. The summed E-state index contributed by atoms with van der Waals surface area (Å²) in [6.07, 6.45) is 83.0. The predicted octanol–water partition coefficient (Wildman–Crippen LogP) is 22.9.